The number of fused-ring (bicyclic) bond motifs is 1. The number of aryl methyl sites for hydroxylation is 1. The van der Waals surface area contributed by atoms with Gasteiger partial charge in [-0.05, 0) is 42.3 Å². The van der Waals surface area contributed by atoms with E-state index in [4.69, 9.17) is 15.2 Å². The fourth-order valence-electron chi connectivity index (χ4n) is 2.98. The maximum atomic E-state index is 13.7. The Morgan fingerprint density at radius 1 is 1.25 bits per heavy atom. The lowest BCUT2D eigenvalue weighted by Gasteiger charge is -2.27. The lowest BCUT2D eigenvalue weighted by atomic mass is 9.94. The van der Waals surface area contributed by atoms with Crippen LogP contribution >= 0.6 is 0 Å². The number of halogens is 1. The highest BCUT2D eigenvalue weighted by Gasteiger charge is 2.24. The molecule has 0 aliphatic carbocycles. The van der Waals surface area contributed by atoms with Gasteiger partial charge in [0.1, 0.15) is 18.2 Å². The standard InChI is InChI=1S/C19H21FN2O2/c1-12-8-15(20)9-14-11-22-18(19(17(12)14)24-7-6-21)13-4-3-5-16(10-13)23-2/h3-5,8-10,22H,6-7,11,21H2,1-2H3. The maximum Gasteiger partial charge on any atom is 0.150 e. The largest absolute Gasteiger partial charge is 0.497 e. The van der Waals surface area contributed by atoms with Crippen molar-refractivity contribution >= 4 is 11.5 Å². The Hall–Kier alpha value is -2.53. The maximum absolute atomic E-state index is 13.7. The normalized spacial score (nSPS) is 13.3. The zero-order valence-electron chi connectivity index (χ0n) is 13.9. The molecule has 0 atom stereocenters. The number of nitrogens with two attached hydrogens (primary N) is 1. The molecule has 0 radical (unpaired) electrons. The van der Waals surface area contributed by atoms with Crippen molar-refractivity contribution in [2.75, 3.05) is 20.3 Å². The van der Waals surface area contributed by atoms with E-state index in [1.165, 1.54) is 6.07 Å². The van der Waals surface area contributed by atoms with Crippen molar-refractivity contribution in [1.29, 1.82) is 0 Å². The predicted molar refractivity (Wildman–Crippen MR) is 92.8 cm³/mol. The lowest BCUT2D eigenvalue weighted by molar-refractivity contribution is 0.285. The van der Waals surface area contributed by atoms with E-state index in [9.17, 15) is 4.39 Å². The summed E-state index contributed by atoms with van der Waals surface area (Å²) in [6.45, 7) is 3.23. The third-order valence-corrected chi connectivity index (χ3v) is 4.01. The summed E-state index contributed by atoms with van der Waals surface area (Å²) >= 11 is 0. The Labute approximate surface area is 141 Å². The molecule has 0 bridgehead atoms. The van der Waals surface area contributed by atoms with Crippen molar-refractivity contribution in [3.05, 3.63) is 64.5 Å². The molecule has 0 saturated heterocycles. The zero-order chi connectivity index (χ0) is 17.1. The van der Waals surface area contributed by atoms with Gasteiger partial charge in [0.2, 0.25) is 0 Å². The van der Waals surface area contributed by atoms with Crippen molar-refractivity contribution in [2.24, 2.45) is 5.73 Å². The fourth-order valence-corrected chi connectivity index (χ4v) is 2.98. The first-order valence-electron chi connectivity index (χ1n) is 7.89. The average molecular weight is 328 g/mol. The third-order valence-electron chi connectivity index (χ3n) is 4.01. The summed E-state index contributed by atoms with van der Waals surface area (Å²) < 4.78 is 25.0. The molecule has 5 heteroatoms. The molecule has 4 nitrogen and oxygen atoms in total. The number of hydrogen-bond donors (Lipinski definition) is 2. The summed E-state index contributed by atoms with van der Waals surface area (Å²) in [6, 6.07) is 10.8. The summed E-state index contributed by atoms with van der Waals surface area (Å²) in [5, 5.41) is 3.35. The van der Waals surface area contributed by atoms with E-state index in [-0.39, 0.29) is 5.82 Å². The van der Waals surface area contributed by atoms with Gasteiger partial charge in [0.25, 0.3) is 0 Å². The van der Waals surface area contributed by atoms with Gasteiger partial charge in [-0.3, -0.25) is 0 Å². The molecular weight excluding hydrogens is 307 g/mol. The van der Waals surface area contributed by atoms with Crippen LogP contribution in [0.3, 0.4) is 0 Å². The van der Waals surface area contributed by atoms with Crippen LogP contribution in [-0.2, 0) is 11.3 Å². The number of nitrogens with one attached hydrogen (secondary N) is 1. The van der Waals surface area contributed by atoms with Gasteiger partial charge in [0, 0.05) is 24.2 Å². The molecule has 0 unspecified atom stereocenters. The Kier molecular flexibility index (Phi) is 4.71. The molecular formula is C19H21FN2O2. The van der Waals surface area contributed by atoms with Gasteiger partial charge < -0.3 is 20.5 Å². The van der Waals surface area contributed by atoms with Crippen molar-refractivity contribution < 1.29 is 13.9 Å². The van der Waals surface area contributed by atoms with E-state index in [1.807, 2.05) is 31.2 Å². The molecule has 0 aromatic heterocycles. The van der Waals surface area contributed by atoms with Crippen molar-refractivity contribution in [3.8, 4) is 5.75 Å². The second-order valence-electron chi connectivity index (χ2n) is 5.68. The molecule has 2 aromatic rings. The van der Waals surface area contributed by atoms with Gasteiger partial charge in [-0.2, -0.15) is 0 Å². The third kappa shape index (κ3) is 3.08. The van der Waals surface area contributed by atoms with E-state index >= 15 is 0 Å². The van der Waals surface area contributed by atoms with Crippen LogP contribution in [0.25, 0.3) is 11.5 Å². The van der Waals surface area contributed by atoms with Crippen LogP contribution in [0.4, 0.5) is 4.39 Å². The summed E-state index contributed by atoms with van der Waals surface area (Å²) in [5.41, 5.74) is 10.1. The number of methoxy groups -OCH3 is 1. The summed E-state index contributed by atoms with van der Waals surface area (Å²) in [6.07, 6.45) is 0. The van der Waals surface area contributed by atoms with E-state index in [0.717, 1.165) is 33.7 Å². The Morgan fingerprint density at radius 2 is 2.08 bits per heavy atom. The molecule has 0 fully saturated rings. The van der Waals surface area contributed by atoms with E-state index in [0.29, 0.717) is 25.5 Å². The van der Waals surface area contributed by atoms with Crippen LogP contribution in [0, 0.1) is 12.7 Å². The van der Waals surface area contributed by atoms with Gasteiger partial charge in [-0.25, -0.2) is 4.39 Å². The molecule has 3 rings (SSSR count). The second-order valence-corrected chi connectivity index (χ2v) is 5.68. The van der Waals surface area contributed by atoms with Crippen LogP contribution in [-0.4, -0.2) is 20.3 Å². The Bertz CT molecular complexity index is 787. The van der Waals surface area contributed by atoms with Gasteiger partial charge in [0.05, 0.1) is 12.8 Å². The number of hydrogen-bond acceptors (Lipinski definition) is 4. The molecule has 0 saturated carbocycles. The first kappa shape index (κ1) is 16.3. The van der Waals surface area contributed by atoms with E-state index in [1.54, 1.807) is 13.2 Å². The summed E-state index contributed by atoms with van der Waals surface area (Å²) in [7, 11) is 1.63. The molecule has 0 amide bonds. The van der Waals surface area contributed by atoms with Crippen LogP contribution in [0.5, 0.6) is 5.75 Å². The highest BCUT2D eigenvalue weighted by Crippen LogP contribution is 2.35. The molecule has 1 aliphatic heterocycles. The Morgan fingerprint density at radius 3 is 2.83 bits per heavy atom. The number of benzene rings is 2. The molecule has 0 spiro atoms. The molecule has 126 valence electrons. The molecule has 1 aliphatic rings. The van der Waals surface area contributed by atoms with E-state index in [2.05, 4.69) is 5.32 Å². The van der Waals surface area contributed by atoms with Gasteiger partial charge in [0.15, 0.2) is 5.76 Å². The molecule has 3 N–H and O–H groups in total. The number of rotatable bonds is 5. The monoisotopic (exact) mass is 328 g/mol. The van der Waals surface area contributed by atoms with Crippen LogP contribution < -0.4 is 15.8 Å². The van der Waals surface area contributed by atoms with Gasteiger partial charge >= 0.3 is 0 Å². The van der Waals surface area contributed by atoms with Crippen molar-refractivity contribution in [3.63, 3.8) is 0 Å². The van der Waals surface area contributed by atoms with Gasteiger partial charge in [-0.1, -0.05) is 12.1 Å². The SMILES string of the molecule is COc1cccc(C2=C(OCCN)c3c(C)cc(F)cc3CN2)c1. The van der Waals surface area contributed by atoms with Crippen molar-refractivity contribution in [2.45, 2.75) is 13.5 Å². The van der Waals surface area contributed by atoms with Crippen LogP contribution in [0.15, 0.2) is 36.4 Å². The minimum Gasteiger partial charge on any atom is -0.497 e. The molecule has 24 heavy (non-hydrogen) atoms. The molecule has 2 aromatic carbocycles. The van der Waals surface area contributed by atoms with Crippen LogP contribution in [0.1, 0.15) is 22.3 Å². The Balaban J connectivity index is 2.17. The lowest BCUT2D eigenvalue weighted by Crippen LogP contribution is -2.23. The van der Waals surface area contributed by atoms with Crippen LogP contribution in [0.2, 0.25) is 0 Å². The first-order valence-corrected chi connectivity index (χ1v) is 7.89. The van der Waals surface area contributed by atoms with Gasteiger partial charge in [-0.15, -0.1) is 0 Å². The second kappa shape index (κ2) is 6.93. The predicted octanol–water partition coefficient (Wildman–Crippen LogP) is 3.05. The zero-order valence-corrected chi connectivity index (χ0v) is 13.9. The average Bonchev–Trinajstić information content (AvgIpc) is 2.59. The summed E-state index contributed by atoms with van der Waals surface area (Å²) in [5.74, 6) is 1.23. The molecule has 1 heterocycles. The smallest absolute Gasteiger partial charge is 0.150 e. The minimum absolute atomic E-state index is 0.240. The fraction of sp³-hybridized carbons (Fsp3) is 0.263. The minimum atomic E-state index is -0.240. The summed E-state index contributed by atoms with van der Waals surface area (Å²) in [4.78, 5) is 0. The quantitative estimate of drug-likeness (QED) is 0.886. The first-order chi connectivity index (χ1) is 11.6. The topological polar surface area (TPSA) is 56.5 Å². The van der Waals surface area contributed by atoms with E-state index < -0.39 is 0 Å². The van der Waals surface area contributed by atoms with Crippen molar-refractivity contribution in [1.82, 2.24) is 5.32 Å². The highest BCUT2D eigenvalue weighted by atomic mass is 19.1. The number of ether oxygens (including phenoxy) is 2. The highest BCUT2D eigenvalue weighted by molar-refractivity contribution is 5.90.